The molecule has 0 saturated heterocycles. The molecule has 2 rings (SSSR count). The van der Waals surface area contributed by atoms with Gasteiger partial charge >= 0.3 is 0 Å². The first-order valence-electron chi connectivity index (χ1n) is 7.33. The molecule has 0 unspecified atom stereocenters. The summed E-state index contributed by atoms with van der Waals surface area (Å²) in [7, 11) is 0. The monoisotopic (exact) mass is 435 g/mol. The van der Waals surface area contributed by atoms with E-state index in [0.29, 0.717) is 0 Å². The fourth-order valence-corrected chi connectivity index (χ4v) is 3.73. The van der Waals surface area contributed by atoms with Gasteiger partial charge in [0, 0.05) is 6.07 Å². The predicted molar refractivity (Wildman–Crippen MR) is 86.0 cm³/mol. The molecule has 2 heterocycles. The molecular weight excluding hydrogens is 413 g/mol. The average Bonchev–Trinajstić information content (AvgIpc) is 2.96. The number of nitrogens with zero attached hydrogens (tertiary/aromatic N) is 2. The molecule has 0 atom stereocenters. The number of pyridine rings is 1. The Labute approximate surface area is 152 Å². The number of unbranched alkanes of at least 4 members (excludes halogenated alkanes) is 5. The van der Waals surface area contributed by atoms with Crippen molar-refractivity contribution in [2.75, 3.05) is 5.75 Å². The van der Waals surface area contributed by atoms with E-state index in [0.717, 1.165) is 22.0 Å². The van der Waals surface area contributed by atoms with Crippen molar-refractivity contribution in [3.05, 3.63) is 24.5 Å². The van der Waals surface area contributed by atoms with E-state index < -0.39 is 0 Å². The fraction of sp³-hybridized carbons (Fsp3) is 0.533. The van der Waals surface area contributed by atoms with Gasteiger partial charge in [-0.3, -0.25) is 0 Å². The summed E-state index contributed by atoms with van der Waals surface area (Å²) in [6.07, 6.45) is 11.9. The van der Waals surface area contributed by atoms with Crippen LogP contribution in [0.3, 0.4) is 0 Å². The number of aromatic amines is 1. The number of hydrogen-bond acceptors (Lipinski definition) is 4. The Morgan fingerprint density at radius 2 is 1.95 bits per heavy atom. The molecule has 0 fully saturated rings. The normalized spacial score (nSPS) is 10.3. The second-order valence-corrected chi connectivity index (χ2v) is 6.44. The molecule has 3 nitrogen and oxygen atoms in total. The van der Waals surface area contributed by atoms with Crippen molar-refractivity contribution in [3.8, 4) is 11.3 Å². The quantitative estimate of drug-likeness (QED) is 0.340. The van der Waals surface area contributed by atoms with Crippen LogP contribution in [0.1, 0.15) is 45.4 Å². The Bertz CT molecular complexity index is 491. The van der Waals surface area contributed by atoms with Crippen molar-refractivity contribution in [2.45, 2.75) is 50.5 Å². The molecule has 0 spiro atoms. The lowest BCUT2D eigenvalue weighted by Crippen LogP contribution is -3.00. The van der Waals surface area contributed by atoms with Crippen LogP contribution < -0.4 is 29.0 Å². The van der Waals surface area contributed by atoms with Gasteiger partial charge < -0.3 is 24.0 Å². The van der Waals surface area contributed by atoms with Crippen LogP contribution >= 0.6 is 23.5 Å². The molecule has 0 amide bonds. The minimum atomic E-state index is 0. The summed E-state index contributed by atoms with van der Waals surface area (Å²) in [6.45, 7) is 2.26. The van der Waals surface area contributed by atoms with Crippen molar-refractivity contribution < 1.29 is 29.0 Å². The van der Waals surface area contributed by atoms with Crippen LogP contribution in [0.2, 0.25) is 0 Å². The molecular formula is C15H22IN3S2. The fourth-order valence-electron chi connectivity index (χ4n) is 2.04. The third-order valence-corrected chi connectivity index (χ3v) is 4.87. The zero-order chi connectivity index (χ0) is 14.0. The average molecular weight is 435 g/mol. The van der Waals surface area contributed by atoms with E-state index in [9.17, 15) is 0 Å². The molecule has 0 aliphatic carbocycles. The summed E-state index contributed by atoms with van der Waals surface area (Å²) in [5, 5.41) is 1.07. The molecule has 0 bridgehead atoms. The van der Waals surface area contributed by atoms with E-state index in [-0.39, 0.29) is 24.0 Å². The van der Waals surface area contributed by atoms with E-state index in [4.69, 9.17) is 0 Å². The van der Waals surface area contributed by atoms with Gasteiger partial charge in [-0.25, -0.2) is 4.98 Å². The highest BCUT2D eigenvalue weighted by molar-refractivity contribution is 7.99. The van der Waals surface area contributed by atoms with Crippen molar-refractivity contribution >= 4 is 23.5 Å². The number of H-pyrrole nitrogens is 1. The lowest BCUT2D eigenvalue weighted by atomic mass is 10.1. The van der Waals surface area contributed by atoms with E-state index in [2.05, 4.69) is 26.7 Å². The largest absolute Gasteiger partial charge is 1.00 e. The predicted octanol–water partition coefficient (Wildman–Crippen LogP) is 1.48. The summed E-state index contributed by atoms with van der Waals surface area (Å²) in [5.41, 5.74) is 2.13. The second-order valence-electron chi connectivity index (χ2n) is 4.83. The Morgan fingerprint density at radius 1 is 1.14 bits per heavy atom. The number of halogens is 1. The standard InChI is InChI=1S/C15H21N3S2.HI/c1-2-3-4-5-6-7-11-19-15-14(17-20-18-15)13-9-8-10-16-12-13;/h8-10,12H,2-7,11H2,1H3;1H. The first kappa shape index (κ1) is 18.8. The van der Waals surface area contributed by atoms with E-state index in [1.165, 1.54) is 50.3 Å². The zero-order valence-electron chi connectivity index (χ0n) is 12.3. The topological polar surface area (TPSA) is 39.9 Å². The van der Waals surface area contributed by atoms with Crippen molar-refractivity contribution in [2.24, 2.45) is 0 Å². The summed E-state index contributed by atoms with van der Waals surface area (Å²) in [6, 6.07) is 4.07. The maximum atomic E-state index is 4.42. The molecule has 0 radical (unpaired) electrons. The molecule has 0 aliphatic rings. The van der Waals surface area contributed by atoms with Gasteiger partial charge in [-0.1, -0.05) is 39.0 Å². The van der Waals surface area contributed by atoms with Crippen LogP contribution in [0, 0.1) is 0 Å². The zero-order valence-corrected chi connectivity index (χ0v) is 16.1. The van der Waals surface area contributed by atoms with Gasteiger partial charge in [0.25, 0.3) is 0 Å². The van der Waals surface area contributed by atoms with Gasteiger partial charge in [0.2, 0.25) is 0 Å². The lowest BCUT2D eigenvalue weighted by molar-refractivity contribution is -0.377. The maximum Gasteiger partial charge on any atom is 0.176 e. The van der Waals surface area contributed by atoms with Crippen LogP contribution in [0.4, 0.5) is 0 Å². The van der Waals surface area contributed by atoms with Crippen molar-refractivity contribution in [3.63, 3.8) is 0 Å². The molecule has 21 heavy (non-hydrogen) atoms. The van der Waals surface area contributed by atoms with Crippen LogP contribution in [0.15, 0.2) is 29.6 Å². The van der Waals surface area contributed by atoms with E-state index in [1.54, 1.807) is 0 Å². The Kier molecular flexibility index (Phi) is 10.2. The van der Waals surface area contributed by atoms with E-state index in [1.807, 2.05) is 30.2 Å². The third-order valence-electron chi connectivity index (χ3n) is 3.18. The number of hydrogen-bond donors (Lipinski definition) is 0. The van der Waals surface area contributed by atoms with Gasteiger partial charge in [0.05, 0.1) is 17.3 Å². The number of thioether (sulfide) groups is 1. The molecule has 0 saturated carbocycles. The highest BCUT2D eigenvalue weighted by Crippen LogP contribution is 2.29. The second kappa shape index (κ2) is 11.4. The van der Waals surface area contributed by atoms with Crippen LogP contribution in [0.25, 0.3) is 11.3 Å². The molecule has 116 valence electrons. The minimum Gasteiger partial charge on any atom is -1.00 e. The summed E-state index contributed by atoms with van der Waals surface area (Å²) >= 11 is 3.14. The molecule has 0 aliphatic heterocycles. The minimum absolute atomic E-state index is 0. The summed E-state index contributed by atoms with van der Waals surface area (Å²) in [5.74, 6) is 1.14. The number of rotatable bonds is 9. The lowest BCUT2D eigenvalue weighted by Gasteiger charge is -2.01. The maximum absolute atomic E-state index is 4.42. The Morgan fingerprint density at radius 3 is 2.71 bits per heavy atom. The van der Waals surface area contributed by atoms with Gasteiger partial charge in [-0.15, -0.1) is 11.8 Å². The SMILES string of the molecule is CCCCCCCCSc1nsnc1-c1ccc[nH+]c1.[I-]. The number of aromatic nitrogens is 3. The molecule has 2 aromatic heterocycles. The first-order chi connectivity index (χ1) is 9.92. The van der Waals surface area contributed by atoms with Crippen LogP contribution in [0.5, 0.6) is 0 Å². The highest BCUT2D eigenvalue weighted by Gasteiger charge is 2.12. The van der Waals surface area contributed by atoms with Gasteiger partial charge in [0.1, 0.15) is 10.7 Å². The molecule has 0 aromatic carbocycles. The third kappa shape index (κ3) is 6.61. The van der Waals surface area contributed by atoms with Gasteiger partial charge in [-0.05, 0) is 18.2 Å². The smallest absolute Gasteiger partial charge is 0.176 e. The van der Waals surface area contributed by atoms with Crippen molar-refractivity contribution in [1.82, 2.24) is 8.75 Å². The Balaban J connectivity index is 0.00000220. The molecule has 1 N–H and O–H groups in total. The number of nitrogens with one attached hydrogen (secondary N) is 1. The van der Waals surface area contributed by atoms with Gasteiger partial charge in [0.15, 0.2) is 12.4 Å². The molecule has 2 aromatic rings. The molecule has 6 heteroatoms. The van der Waals surface area contributed by atoms with Gasteiger partial charge in [-0.2, -0.15) is 8.75 Å². The first-order valence-corrected chi connectivity index (χ1v) is 9.05. The van der Waals surface area contributed by atoms with E-state index >= 15 is 0 Å². The van der Waals surface area contributed by atoms with Crippen LogP contribution in [-0.4, -0.2) is 14.5 Å². The van der Waals surface area contributed by atoms with Crippen LogP contribution in [-0.2, 0) is 0 Å². The summed E-state index contributed by atoms with van der Waals surface area (Å²) in [4.78, 5) is 3.10. The Hall–Kier alpha value is -0.210. The highest BCUT2D eigenvalue weighted by atomic mass is 127. The van der Waals surface area contributed by atoms with Crippen molar-refractivity contribution in [1.29, 1.82) is 0 Å². The summed E-state index contributed by atoms with van der Waals surface area (Å²) < 4.78 is 8.84.